The molecule has 0 saturated heterocycles. The molecule has 2 aromatic carbocycles. The Labute approximate surface area is 135 Å². The van der Waals surface area contributed by atoms with Crippen molar-refractivity contribution in [3.05, 3.63) is 53.1 Å². The van der Waals surface area contributed by atoms with Gasteiger partial charge in [0.1, 0.15) is 12.1 Å². The molecule has 1 N–H and O–H groups in total. The van der Waals surface area contributed by atoms with Crippen LogP contribution in [0.15, 0.2) is 36.4 Å². The number of amides is 1. The van der Waals surface area contributed by atoms with E-state index < -0.39 is 0 Å². The zero-order chi connectivity index (χ0) is 16.4. The van der Waals surface area contributed by atoms with Gasteiger partial charge in [0, 0.05) is 5.69 Å². The third kappa shape index (κ3) is 3.23. The summed E-state index contributed by atoms with van der Waals surface area (Å²) >= 11 is 0. The summed E-state index contributed by atoms with van der Waals surface area (Å²) in [6, 6.07) is 11.9. The number of anilines is 1. The highest BCUT2D eigenvalue weighted by molar-refractivity contribution is 5.91. The summed E-state index contributed by atoms with van der Waals surface area (Å²) in [5.41, 5.74) is 6.07. The van der Waals surface area contributed by atoms with Gasteiger partial charge in [0.25, 0.3) is 0 Å². The lowest BCUT2D eigenvalue weighted by Crippen LogP contribution is -2.19. The second kappa shape index (κ2) is 6.20. The first-order valence-corrected chi connectivity index (χ1v) is 7.76. The number of aromatic nitrogens is 3. The van der Waals surface area contributed by atoms with Gasteiger partial charge in [-0.05, 0) is 61.2 Å². The number of nitrogens with one attached hydrogen (secondary N) is 1. The molecule has 0 radical (unpaired) electrons. The standard InChI is InChI=1S/C18H20N4O/c1-4-14-5-7-15(8-6-14)19-18(23)11-22-17-10-13(3)12(2)9-16(17)20-21-22/h5-10H,4,11H2,1-3H3,(H,19,23). The van der Waals surface area contributed by atoms with Crippen LogP contribution >= 0.6 is 0 Å². The first-order chi connectivity index (χ1) is 11.1. The predicted molar refractivity (Wildman–Crippen MR) is 91.5 cm³/mol. The van der Waals surface area contributed by atoms with Crippen molar-refractivity contribution in [2.75, 3.05) is 5.32 Å². The Kier molecular flexibility index (Phi) is 4.10. The van der Waals surface area contributed by atoms with Crippen LogP contribution in [0.25, 0.3) is 11.0 Å². The van der Waals surface area contributed by atoms with Crippen LogP contribution < -0.4 is 5.32 Å². The van der Waals surface area contributed by atoms with E-state index in [2.05, 4.69) is 22.6 Å². The average molecular weight is 308 g/mol. The van der Waals surface area contributed by atoms with E-state index in [1.807, 2.05) is 50.2 Å². The van der Waals surface area contributed by atoms with E-state index in [0.29, 0.717) is 0 Å². The van der Waals surface area contributed by atoms with Crippen molar-refractivity contribution in [2.45, 2.75) is 33.7 Å². The lowest BCUT2D eigenvalue weighted by molar-refractivity contribution is -0.116. The van der Waals surface area contributed by atoms with Gasteiger partial charge >= 0.3 is 0 Å². The van der Waals surface area contributed by atoms with E-state index in [0.717, 1.165) is 28.7 Å². The number of hydrogen-bond donors (Lipinski definition) is 1. The van der Waals surface area contributed by atoms with E-state index in [9.17, 15) is 4.79 Å². The van der Waals surface area contributed by atoms with Crippen molar-refractivity contribution < 1.29 is 4.79 Å². The Balaban J connectivity index is 1.76. The molecule has 1 heterocycles. The molecule has 0 aliphatic rings. The van der Waals surface area contributed by atoms with Crippen LogP contribution in [-0.2, 0) is 17.8 Å². The monoisotopic (exact) mass is 308 g/mol. The molecule has 0 aliphatic heterocycles. The first kappa shape index (κ1) is 15.2. The minimum atomic E-state index is -0.112. The molecule has 0 atom stereocenters. The predicted octanol–water partition coefficient (Wildman–Crippen LogP) is 3.25. The molecule has 118 valence electrons. The van der Waals surface area contributed by atoms with Gasteiger partial charge in [0.15, 0.2) is 0 Å². The number of carbonyl (C=O) groups is 1. The average Bonchev–Trinajstić information content (AvgIpc) is 2.90. The minimum absolute atomic E-state index is 0.112. The summed E-state index contributed by atoms with van der Waals surface area (Å²) in [4.78, 5) is 12.2. The fourth-order valence-electron chi connectivity index (χ4n) is 2.50. The zero-order valence-corrected chi connectivity index (χ0v) is 13.6. The van der Waals surface area contributed by atoms with Gasteiger partial charge in [-0.3, -0.25) is 4.79 Å². The van der Waals surface area contributed by atoms with Gasteiger partial charge in [0.05, 0.1) is 5.52 Å². The van der Waals surface area contributed by atoms with Crippen molar-refractivity contribution in [2.24, 2.45) is 0 Å². The molecule has 5 heteroatoms. The van der Waals surface area contributed by atoms with Crippen LogP contribution in [0.1, 0.15) is 23.6 Å². The van der Waals surface area contributed by atoms with Crippen LogP contribution in [0, 0.1) is 13.8 Å². The summed E-state index contributed by atoms with van der Waals surface area (Å²) in [5.74, 6) is -0.112. The van der Waals surface area contributed by atoms with Crippen molar-refractivity contribution in [1.29, 1.82) is 0 Å². The fourth-order valence-corrected chi connectivity index (χ4v) is 2.50. The summed E-state index contributed by atoms with van der Waals surface area (Å²) in [5, 5.41) is 11.1. The maximum absolute atomic E-state index is 12.2. The third-order valence-electron chi connectivity index (χ3n) is 4.07. The van der Waals surface area contributed by atoms with Crippen LogP contribution in [0.4, 0.5) is 5.69 Å². The van der Waals surface area contributed by atoms with E-state index in [-0.39, 0.29) is 12.5 Å². The SMILES string of the molecule is CCc1ccc(NC(=O)Cn2nnc3cc(C)c(C)cc32)cc1. The van der Waals surface area contributed by atoms with Crippen LogP contribution in [0.3, 0.4) is 0 Å². The normalized spacial score (nSPS) is 10.9. The summed E-state index contributed by atoms with van der Waals surface area (Å²) in [6.45, 7) is 6.34. The van der Waals surface area contributed by atoms with Gasteiger partial charge in [-0.1, -0.05) is 24.3 Å². The van der Waals surface area contributed by atoms with E-state index in [4.69, 9.17) is 0 Å². The highest BCUT2D eigenvalue weighted by Crippen LogP contribution is 2.17. The number of rotatable bonds is 4. The Hall–Kier alpha value is -2.69. The largest absolute Gasteiger partial charge is 0.324 e. The highest BCUT2D eigenvalue weighted by atomic mass is 16.2. The second-order valence-electron chi connectivity index (χ2n) is 5.77. The van der Waals surface area contributed by atoms with Crippen molar-refractivity contribution in [1.82, 2.24) is 15.0 Å². The van der Waals surface area contributed by atoms with Crippen molar-refractivity contribution >= 4 is 22.6 Å². The molecule has 3 rings (SSSR count). The molecule has 1 aromatic heterocycles. The molecular weight excluding hydrogens is 288 g/mol. The Bertz CT molecular complexity index is 849. The fraction of sp³-hybridized carbons (Fsp3) is 0.278. The topological polar surface area (TPSA) is 59.8 Å². The molecule has 3 aromatic rings. The quantitative estimate of drug-likeness (QED) is 0.805. The summed E-state index contributed by atoms with van der Waals surface area (Å²) < 4.78 is 1.64. The maximum Gasteiger partial charge on any atom is 0.246 e. The zero-order valence-electron chi connectivity index (χ0n) is 13.6. The third-order valence-corrected chi connectivity index (χ3v) is 4.07. The lowest BCUT2D eigenvalue weighted by Gasteiger charge is -2.07. The summed E-state index contributed by atoms with van der Waals surface area (Å²) in [6.07, 6.45) is 0.984. The smallest absolute Gasteiger partial charge is 0.246 e. The number of carbonyl (C=O) groups excluding carboxylic acids is 1. The number of hydrogen-bond acceptors (Lipinski definition) is 3. The number of nitrogens with zero attached hydrogens (tertiary/aromatic N) is 3. The van der Waals surface area contributed by atoms with Crippen molar-refractivity contribution in [3.63, 3.8) is 0 Å². The van der Waals surface area contributed by atoms with E-state index in [1.54, 1.807) is 4.68 Å². The highest BCUT2D eigenvalue weighted by Gasteiger charge is 2.10. The van der Waals surface area contributed by atoms with Gasteiger partial charge in [-0.2, -0.15) is 0 Å². The van der Waals surface area contributed by atoms with Gasteiger partial charge in [0.2, 0.25) is 5.91 Å². The Morgan fingerprint density at radius 3 is 2.52 bits per heavy atom. The van der Waals surface area contributed by atoms with Crippen LogP contribution in [0.5, 0.6) is 0 Å². The Morgan fingerprint density at radius 1 is 1.13 bits per heavy atom. The molecule has 0 aliphatic carbocycles. The number of benzene rings is 2. The lowest BCUT2D eigenvalue weighted by atomic mass is 10.1. The van der Waals surface area contributed by atoms with Gasteiger partial charge < -0.3 is 5.32 Å². The van der Waals surface area contributed by atoms with Crippen LogP contribution in [0.2, 0.25) is 0 Å². The van der Waals surface area contributed by atoms with Gasteiger partial charge in [-0.25, -0.2) is 4.68 Å². The molecule has 0 unspecified atom stereocenters. The number of fused-ring (bicyclic) bond motifs is 1. The van der Waals surface area contributed by atoms with Crippen molar-refractivity contribution in [3.8, 4) is 0 Å². The second-order valence-corrected chi connectivity index (χ2v) is 5.77. The van der Waals surface area contributed by atoms with Gasteiger partial charge in [-0.15, -0.1) is 5.10 Å². The molecule has 0 fully saturated rings. The van der Waals surface area contributed by atoms with Crippen LogP contribution in [-0.4, -0.2) is 20.9 Å². The first-order valence-electron chi connectivity index (χ1n) is 7.76. The summed E-state index contributed by atoms with van der Waals surface area (Å²) in [7, 11) is 0. The maximum atomic E-state index is 12.2. The molecule has 23 heavy (non-hydrogen) atoms. The minimum Gasteiger partial charge on any atom is -0.324 e. The molecule has 0 spiro atoms. The molecular formula is C18H20N4O. The van der Waals surface area contributed by atoms with E-state index >= 15 is 0 Å². The molecule has 1 amide bonds. The molecule has 0 bridgehead atoms. The van der Waals surface area contributed by atoms with E-state index in [1.165, 1.54) is 11.1 Å². The Morgan fingerprint density at radius 2 is 1.83 bits per heavy atom. The number of aryl methyl sites for hydroxylation is 3. The molecule has 0 saturated carbocycles. The molecule has 5 nitrogen and oxygen atoms in total.